The van der Waals surface area contributed by atoms with Crippen molar-refractivity contribution in [2.24, 2.45) is 0 Å². The maximum absolute atomic E-state index is 12.4. The van der Waals surface area contributed by atoms with E-state index in [1.54, 1.807) is 24.5 Å². The van der Waals surface area contributed by atoms with Crippen molar-refractivity contribution in [3.05, 3.63) is 53.8 Å². The second-order valence-corrected chi connectivity index (χ2v) is 5.24. The first-order valence-electron chi connectivity index (χ1n) is 6.64. The smallest absolute Gasteiger partial charge is 0.406 e. The molecule has 0 saturated heterocycles. The topological polar surface area (TPSA) is 66.0 Å². The first-order chi connectivity index (χ1) is 11.3. The number of hydrogen-bond donors (Lipinski definition) is 1. The van der Waals surface area contributed by atoms with Gasteiger partial charge in [-0.05, 0) is 30.3 Å². The van der Waals surface area contributed by atoms with Gasteiger partial charge in [0.25, 0.3) is 0 Å². The Labute approximate surface area is 139 Å². The molecule has 0 bridgehead atoms. The maximum atomic E-state index is 12.4. The number of ether oxygens (including phenoxy) is 1. The lowest BCUT2D eigenvalue weighted by Gasteiger charge is -2.12. The first-order valence-corrected chi connectivity index (χ1v) is 7.02. The van der Waals surface area contributed by atoms with Crippen molar-refractivity contribution in [1.82, 2.24) is 14.8 Å². The number of aromatic nitrogens is 3. The molecule has 0 aliphatic heterocycles. The van der Waals surface area contributed by atoms with Gasteiger partial charge in [-0.1, -0.05) is 11.6 Å². The highest BCUT2D eigenvalue weighted by Crippen LogP contribution is 2.33. The van der Waals surface area contributed by atoms with Gasteiger partial charge < -0.3 is 10.5 Å². The van der Waals surface area contributed by atoms with Gasteiger partial charge in [-0.2, -0.15) is 5.10 Å². The third-order valence-electron chi connectivity index (χ3n) is 3.02. The van der Waals surface area contributed by atoms with Crippen LogP contribution in [-0.4, -0.2) is 21.1 Å². The summed E-state index contributed by atoms with van der Waals surface area (Å²) in [6.45, 7) is 0. The van der Waals surface area contributed by atoms with Gasteiger partial charge in [-0.3, -0.25) is 4.98 Å². The van der Waals surface area contributed by atoms with Crippen molar-refractivity contribution in [1.29, 1.82) is 0 Å². The zero-order valence-corrected chi connectivity index (χ0v) is 12.7. The van der Waals surface area contributed by atoms with Crippen LogP contribution in [0.1, 0.15) is 0 Å². The minimum absolute atomic E-state index is 0.0873. The Bertz CT molecular complexity index is 865. The lowest BCUT2D eigenvalue weighted by Crippen LogP contribution is -2.17. The van der Waals surface area contributed by atoms with Crippen LogP contribution in [0, 0.1) is 0 Å². The Morgan fingerprint density at radius 1 is 1.17 bits per heavy atom. The SMILES string of the molecule is Nc1cc(-c2cc(Cl)cc(OC(F)(F)F)c2)n(-c2cccnc2)n1. The minimum atomic E-state index is -4.81. The molecule has 3 aromatic rings. The molecule has 2 N–H and O–H groups in total. The van der Waals surface area contributed by atoms with Gasteiger partial charge in [0.1, 0.15) is 11.6 Å². The number of anilines is 1. The van der Waals surface area contributed by atoms with Crippen molar-refractivity contribution in [3.8, 4) is 22.7 Å². The zero-order chi connectivity index (χ0) is 17.3. The van der Waals surface area contributed by atoms with Crippen LogP contribution < -0.4 is 10.5 Å². The zero-order valence-electron chi connectivity index (χ0n) is 12.0. The molecule has 0 atom stereocenters. The van der Waals surface area contributed by atoms with E-state index in [0.29, 0.717) is 16.9 Å². The van der Waals surface area contributed by atoms with E-state index in [1.165, 1.54) is 22.9 Å². The number of benzene rings is 1. The normalized spacial score (nSPS) is 11.5. The van der Waals surface area contributed by atoms with Gasteiger partial charge in [0.15, 0.2) is 0 Å². The summed E-state index contributed by atoms with van der Waals surface area (Å²) in [7, 11) is 0. The molecule has 0 amide bonds. The molecule has 0 radical (unpaired) electrons. The Balaban J connectivity index is 2.10. The van der Waals surface area contributed by atoms with Crippen LogP contribution in [0.15, 0.2) is 48.8 Å². The standard InChI is InChI=1S/C15H10ClF3N4O/c16-10-4-9(5-12(6-10)24-15(17,18)19)13-7-14(20)22-23(13)11-2-1-3-21-8-11/h1-8H,(H2,20,22). The van der Waals surface area contributed by atoms with E-state index >= 15 is 0 Å². The fraction of sp³-hybridized carbons (Fsp3) is 0.0667. The Morgan fingerprint density at radius 2 is 1.96 bits per heavy atom. The number of nitrogen functional groups attached to an aromatic ring is 1. The van der Waals surface area contributed by atoms with E-state index in [-0.39, 0.29) is 10.8 Å². The molecule has 24 heavy (non-hydrogen) atoms. The molecule has 0 saturated carbocycles. The number of rotatable bonds is 3. The molecular weight excluding hydrogens is 345 g/mol. The first kappa shape index (κ1) is 16.1. The summed E-state index contributed by atoms with van der Waals surface area (Å²) in [4.78, 5) is 3.99. The van der Waals surface area contributed by atoms with Crippen LogP contribution >= 0.6 is 11.6 Å². The van der Waals surface area contributed by atoms with E-state index in [0.717, 1.165) is 6.07 Å². The van der Waals surface area contributed by atoms with Crippen molar-refractivity contribution in [2.75, 3.05) is 5.73 Å². The number of hydrogen-bond acceptors (Lipinski definition) is 4. The van der Waals surface area contributed by atoms with E-state index in [4.69, 9.17) is 17.3 Å². The quantitative estimate of drug-likeness (QED) is 0.770. The third-order valence-corrected chi connectivity index (χ3v) is 3.24. The second kappa shape index (κ2) is 6.04. The Hall–Kier alpha value is -2.74. The number of halogens is 4. The van der Waals surface area contributed by atoms with Gasteiger partial charge in [0.2, 0.25) is 0 Å². The highest BCUT2D eigenvalue weighted by atomic mass is 35.5. The van der Waals surface area contributed by atoms with Crippen LogP contribution in [0.5, 0.6) is 5.75 Å². The molecule has 124 valence electrons. The van der Waals surface area contributed by atoms with Crippen LogP contribution in [-0.2, 0) is 0 Å². The van der Waals surface area contributed by atoms with Gasteiger partial charge in [-0.25, -0.2) is 4.68 Å². The predicted octanol–water partition coefficient (Wildman–Crippen LogP) is 4.07. The summed E-state index contributed by atoms with van der Waals surface area (Å²) in [6.07, 6.45) is -1.68. The molecule has 0 aliphatic carbocycles. The van der Waals surface area contributed by atoms with Crippen molar-refractivity contribution in [3.63, 3.8) is 0 Å². The van der Waals surface area contributed by atoms with Gasteiger partial charge in [0, 0.05) is 22.8 Å². The van der Waals surface area contributed by atoms with E-state index in [2.05, 4.69) is 14.8 Å². The van der Waals surface area contributed by atoms with E-state index < -0.39 is 12.1 Å². The average Bonchev–Trinajstić information content (AvgIpc) is 2.88. The summed E-state index contributed by atoms with van der Waals surface area (Å²) in [5.41, 5.74) is 7.16. The minimum Gasteiger partial charge on any atom is -0.406 e. The third kappa shape index (κ3) is 3.60. The lowest BCUT2D eigenvalue weighted by atomic mass is 10.1. The molecule has 5 nitrogen and oxygen atoms in total. The number of pyridine rings is 1. The fourth-order valence-corrected chi connectivity index (χ4v) is 2.41. The number of nitrogens with two attached hydrogens (primary N) is 1. The molecule has 3 rings (SSSR count). The average molecular weight is 355 g/mol. The summed E-state index contributed by atoms with van der Waals surface area (Å²) in [5, 5.41) is 4.23. The highest BCUT2D eigenvalue weighted by molar-refractivity contribution is 6.31. The van der Waals surface area contributed by atoms with Gasteiger partial charge in [-0.15, -0.1) is 13.2 Å². The lowest BCUT2D eigenvalue weighted by molar-refractivity contribution is -0.274. The molecule has 2 heterocycles. The molecular formula is C15H10ClF3N4O. The highest BCUT2D eigenvalue weighted by Gasteiger charge is 2.31. The number of alkyl halides is 3. The predicted molar refractivity (Wildman–Crippen MR) is 82.9 cm³/mol. The Kier molecular flexibility index (Phi) is 4.06. The van der Waals surface area contributed by atoms with Gasteiger partial charge in [0.05, 0.1) is 17.6 Å². The molecule has 0 aliphatic rings. The van der Waals surface area contributed by atoms with E-state index in [1.807, 2.05) is 0 Å². The molecule has 2 aromatic heterocycles. The molecule has 9 heteroatoms. The van der Waals surface area contributed by atoms with Gasteiger partial charge >= 0.3 is 6.36 Å². The van der Waals surface area contributed by atoms with E-state index in [9.17, 15) is 13.2 Å². The van der Waals surface area contributed by atoms with Crippen LogP contribution in [0.4, 0.5) is 19.0 Å². The van der Waals surface area contributed by atoms with Crippen molar-refractivity contribution in [2.45, 2.75) is 6.36 Å². The summed E-state index contributed by atoms with van der Waals surface area (Å²) >= 11 is 5.91. The molecule has 0 unspecified atom stereocenters. The van der Waals surface area contributed by atoms with Crippen molar-refractivity contribution >= 4 is 17.4 Å². The molecule has 0 spiro atoms. The Morgan fingerprint density at radius 3 is 2.62 bits per heavy atom. The van der Waals surface area contributed by atoms with Crippen LogP contribution in [0.2, 0.25) is 5.02 Å². The molecule has 0 fully saturated rings. The monoisotopic (exact) mass is 354 g/mol. The number of nitrogens with zero attached hydrogens (tertiary/aromatic N) is 3. The summed E-state index contributed by atoms with van der Waals surface area (Å²) in [5.74, 6) is -0.227. The summed E-state index contributed by atoms with van der Waals surface area (Å²) in [6, 6.07) is 8.74. The summed E-state index contributed by atoms with van der Waals surface area (Å²) < 4.78 is 42.7. The molecule has 1 aromatic carbocycles. The van der Waals surface area contributed by atoms with Crippen molar-refractivity contribution < 1.29 is 17.9 Å². The fourth-order valence-electron chi connectivity index (χ4n) is 2.18. The maximum Gasteiger partial charge on any atom is 0.573 e. The largest absolute Gasteiger partial charge is 0.573 e. The van der Waals surface area contributed by atoms with Crippen LogP contribution in [0.25, 0.3) is 16.9 Å². The second-order valence-electron chi connectivity index (χ2n) is 4.80. The van der Waals surface area contributed by atoms with Crippen LogP contribution in [0.3, 0.4) is 0 Å².